The molecule has 178 valence electrons. The minimum absolute atomic E-state index is 0.0429. The molecule has 0 atom stereocenters. The molecule has 9 heteroatoms. The van der Waals surface area contributed by atoms with Crippen molar-refractivity contribution in [2.75, 3.05) is 18.4 Å². The summed E-state index contributed by atoms with van der Waals surface area (Å²) in [6.45, 7) is 2.24. The largest absolute Gasteiger partial charge is 0.352 e. The highest BCUT2D eigenvalue weighted by molar-refractivity contribution is 7.18. The van der Waals surface area contributed by atoms with E-state index in [1.807, 2.05) is 29.2 Å². The van der Waals surface area contributed by atoms with Crippen molar-refractivity contribution >= 4 is 39.2 Å². The molecule has 2 N–H and O–H groups in total. The molecule has 3 heterocycles. The van der Waals surface area contributed by atoms with Crippen molar-refractivity contribution in [1.82, 2.24) is 19.8 Å². The van der Waals surface area contributed by atoms with Gasteiger partial charge in [-0.05, 0) is 61.8 Å². The molecule has 0 bridgehead atoms. The van der Waals surface area contributed by atoms with E-state index in [2.05, 4.69) is 15.6 Å². The van der Waals surface area contributed by atoms with Gasteiger partial charge in [0.15, 0.2) is 0 Å². The molecule has 0 unspecified atom stereocenters. The van der Waals surface area contributed by atoms with Crippen LogP contribution in [0.3, 0.4) is 0 Å². The highest BCUT2D eigenvalue weighted by Crippen LogP contribution is 2.33. The number of nitrogens with one attached hydrogen (secondary N) is 2. The molecule has 3 amide bonds. The zero-order chi connectivity index (χ0) is 23.5. The summed E-state index contributed by atoms with van der Waals surface area (Å²) in [5.41, 5.74) is 2.74. The third-order valence-corrected chi connectivity index (χ3v) is 7.78. The molecule has 1 aliphatic heterocycles. The van der Waals surface area contributed by atoms with Crippen LogP contribution >= 0.6 is 11.3 Å². The molecule has 2 aromatic heterocycles. The number of aryl methyl sites for hydroxylation is 3. The summed E-state index contributed by atoms with van der Waals surface area (Å²) in [5, 5.41) is 6.59. The van der Waals surface area contributed by atoms with Gasteiger partial charge in [-0.1, -0.05) is 12.1 Å². The van der Waals surface area contributed by atoms with Gasteiger partial charge in [0.05, 0.1) is 11.7 Å². The van der Waals surface area contributed by atoms with Crippen molar-refractivity contribution in [3.63, 3.8) is 0 Å². The highest BCUT2D eigenvalue weighted by Gasteiger charge is 2.20. The van der Waals surface area contributed by atoms with E-state index < -0.39 is 0 Å². The lowest BCUT2D eigenvalue weighted by Crippen LogP contribution is -2.32. The quantitative estimate of drug-likeness (QED) is 0.564. The summed E-state index contributed by atoms with van der Waals surface area (Å²) < 4.78 is 1.55. The number of aromatic nitrogens is 2. The smallest absolute Gasteiger partial charge is 0.321 e. The maximum atomic E-state index is 13.0. The summed E-state index contributed by atoms with van der Waals surface area (Å²) in [5.74, 6) is -0.133. The molecule has 1 saturated heterocycles. The average molecular weight is 480 g/mol. The Morgan fingerprint density at radius 1 is 1.09 bits per heavy atom. The molecule has 0 radical (unpaired) electrons. The molecule has 8 nitrogen and oxygen atoms in total. The number of carbonyl (C=O) groups excluding carboxylic acids is 2. The highest BCUT2D eigenvalue weighted by atomic mass is 32.1. The van der Waals surface area contributed by atoms with Gasteiger partial charge in [0.1, 0.15) is 4.83 Å². The third kappa shape index (κ3) is 4.84. The number of rotatable bonds is 6. The SMILES string of the molecule is O=C(CCn1cnc2sc3c(c2c1=O)CCCC3)NCc1cccc(NC(=O)N2CCCC2)c1. The fourth-order valence-corrected chi connectivity index (χ4v) is 5.95. The minimum Gasteiger partial charge on any atom is -0.352 e. The van der Waals surface area contributed by atoms with E-state index in [1.54, 1.807) is 22.2 Å². The van der Waals surface area contributed by atoms with Crippen LogP contribution in [0.4, 0.5) is 10.5 Å². The zero-order valence-corrected chi connectivity index (χ0v) is 20.0. The molecule has 1 aliphatic carbocycles. The minimum atomic E-state index is -0.133. The van der Waals surface area contributed by atoms with Crippen LogP contribution in [0.25, 0.3) is 10.2 Å². The van der Waals surface area contributed by atoms with Crippen LogP contribution in [0.1, 0.15) is 48.1 Å². The molecule has 0 saturated carbocycles. The van der Waals surface area contributed by atoms with Gasteiger partial charge >= 0.3 is 6.03 Å². The number of hydrogen-bond acceptors (Lipinski definition) is 5. The Morgan fingerprint density at radius 2 is 1.91 bits per heavy atom. The van der Waals surface area contributed by atoms with Crippen LogP contribution < -0.4 is 16.2 Å². The number of nitrogens with zero attached hydrogens (tertiary/aromatic N) is 3. The fraction of sp³-hybridized carbons (Fsp3) is 0.440. The van der Waals surface area contributed by atoms with Gasteiger partial charge in [-0.15, -0.1) is 11.3 Å². The lowest BCUT2D eigenvalue weighted by Gasteiger charge is -2.16. The Kier molecular flexibility index (Phi) is 6.62. The molecular formula is C25H29N5O3S. The van der Waals surface area contributed by atoms with Crippen molar-refractivity contribution in [2.45, 2.75) is 58.0 Å². The molecule has 0 spiro atoms. The van der Waals surface area contributed by atoms with Gasteiger partial charge in [-0.3, -0.25) is 14.2 Å². The third-order valence-electron chi connectivity index (χ3n) is 6.58. The number of anilines is 1. The van der Waals surface area contributed by atoms with Gasteiger partial charge in [0.25, 0.3) is 5.56 Å². The Labute approximate surface area is 202 Å². The van der Waals surface area contributed by atoms with E-state index in [0.717, 1.165) is 61.0 Å². The summed E-state index contributed by atoms with van der Waals surface area (Å²) in [7, 11) is 0. The summed E-state index contributed by atoms with van der Waals surface area (Å²) in [6.07, 6.45) is 8.10. The monoisotopic (exact) mass is 479 g/mol. The number of likely N-dealkylation sites (tertiary alicyclic amines) is 1. The van der Waals surface area contributed by atoms with E-state index in [9.17, 15) is 14.4 Å². The van der Waals surface area contributed by atoms with Gasteiger partial charge < -0.3 is 15.5 Å². The fourth-order valence-electron chi connectivity index (χ4n) is 4.73. The number of benzene rings is 1. The first-order valence-corrected chi connectivity index (χ1v) is 12.8. The number of hydrogen-bond donors (Lipinski definition) is 2. The molecular weight excluding hydrogens is 450 g/mol. The average Bonchev–Trinajstić information content (AvgIpc) is 3.51. The van der Waals surface area contributed by atoms with Crippen molar-refractivity contribution in [2.24, 2.45) is 0 Å². The van der Waals surface area contributed by atoms with Crippen LogP contribution in [-0.2, 0) is 30.7 Å². The van der Waals surface area contributed by atoms with Gasteiger partial charge in [0.2, 0.25) is 5.91 Å². The molecule has 34 heavy (non-hydrogen) atoms. The first kappa shape index (κ1) is 22.6. The molecule has 5 rings (SSSR count). The number of carbonyl (C=O) groups is 2. The first-order valence-electron chi connectivity index (χ1n) is 12.0. The lowest BCUT2D eigenvalue weighted by atomic mass is 9.97. The Morgan fingerprint density at radius 3 is 2.76 bits per heavy atom. The second kappa shape index (κ2) is 9.97. The van der Waals surface area contributed by atoms with Crippen molar-refractivity contribution < 1.29 is 9.59 Å². The normalized spacial score (nSPS) is 15.4. The topological polar surface area (TPSA) is 96.3 Å². The number of fused-ring (bicyclic) bond motifs is 3. The van der Waals surface area contributed by atoms with E-state index >= 15 is 0 Å². The van der Waals surface area contributed by atoms with E-state index in [0.29, 0.717) is 18.8 Å². The van der Waals surface area contributed by atoms with Gasteiger partial charge in [-0.25, -0.2) is 9.78 Å². The van der Waals surface area contributed by atoms with Crippen LogP contribution in [-0.4, -0.2) is 39.5 Å². The summed E-state index contributed by atoms with van der Waals surface area (Å²) >= 11 is 1.63. The van der Waals surface area contributed by atoms with Crippen molar-refractivity contribution in [3.05, 3.63) is 57.0 Å². The maximum Gasteiger partial charge on any atom is 0.321 e. The van der Waals surface area contributed by atoms with Crippen LogP contribution in [0, 0.1) is 0 Å². The first-order chi connectivity index (χ1) is 16.6. The summed E-state index contributed by atoms with van der Waals surface area (Å²) in [6, 6.07) is 7.41. The Balaban J connectivity index is 1.16. The number of amides is 3. The molecule has 3 aromatic rings. The van der Waals surface area contributed by atoms with Gasteiger partial charge in [0, 0.05) is 43.2 Å². The second-order valence-electron chi connectivity index (χ2n) is 8.99. The molecule has 1 fully saturated rings. The predicted molar refractivity (Wildman–Crippen MR) is 133 cm³/mol. The Bertz CT molecular complexity index is 1280. The standard InChI is InChI=1S/C25H29N5O3S/c31-21(26-15-17-6-5-7-18(14-17)28-25(33)29-11-3-4-12-29)10-13-30-16-27-23-22(24(30)32)19-8-1-2-9-20(19)34-23/h5-7,14,16H,1-4,8-13,15H2,(H,26,31)(H,28,33). The summed E-state index contributed by atoms with van der Waals surface area (Å²) in [4.78, 5) is 46.2. The van der Waals surface area contributed by atoms with Crippen LogP contribution in [0.15, 0.2) is 35.4 Å². The molecule has 1 aromatic carbocycles. The predicted octanol–water partition coefficient (Wildman–Crippen LogP) is 3.67. The molecule has 2 aliphatic rings. The van der Waals surface area contributed by atoms with E-state index in [-0.39, 0.29) is 23.9 Å². The lowest BCUT2D eigenvalue weighted by molar-refractivity contribution is -0.121. The van der Waals surface area contributed by atoms with Crippen LogP contribution in [0.5, 0.6) is 0 Å². The van der Waals surface area contributed by atoms with Crippen molar-refractivity contribution in [1.29, 1.82) is 0 Å². The maximum absolute atomic E-state index is 13.0. The zero-order valence-electron chi connectivity index (χ0n) is 19.1. The van der Waals surface area contributed by atoms with Crippen molar-refractivity contribution in [3.8, 4) is 0 Å². The number of thiophene rings is 1. The van der Waals surface area contributed by atoms with E-state index in [4.69, 9.17) is 0 Å². The van der Waals surface area contributed by atoms with Crippen LogP contribution in [0.2, 0.25) is 0 Å². The Hall–Kier alpha value is -3.20. The second-order valence-corrected chi connectivity index (χ2v) is 10.1. The van der Waals surface area contributed by atoms with E-state index in [1.165, 1.54) is 16.9 Å². The van der Waals surface area contributed by atoms with Gasteiger partial charge in [-0.2, -0.15) is 0 Å². The number of urea groups is 1.